The molecule has 1 fully saturated rings. The number of hydrogen-bond acceptors (Lipinski definition) is 4. The van der Waals surface area contributed by atoms with E-state index >= 15 is 0 Å². The molecule has 1 N–H and O–H groups in total. The highest BCUT2D eigenvalue weighted by molar-refractivity contribution is 6.39. The number of amides is 4. The zero-order valence-corrected chi connectivity index (χ0v) is 14.1. The maximum atomic E-state index is 12.8. The molecule has 0 aliphatic carbocycles. The topological polar surface area (TPSA) is 84.3 Å². The van der Waals surface area contributed by atoms with Crippen LogP contribution in [0.15, 0.2) is 78.6 Å². The molecule has 0 atom stereocenters. The summed E-state index contributed by atoms with van der Waals surface area (Å²) in [5.41, 5.74) is 1.67. The maximum Gasteiger partial charge on any atom is 0.335 e. The summed E-state index contributed by atoms with van der Waals surface area (Å²) in [5.74, 6) is -1.41. The zero-order chi connectivity index (χ0) is 18.8. The molecule has 7 nitrogen and oxygen atoms in total. The van der Waals surface area contributed by atoms with E-state index in [0.29, 0.717) is 11.3 Å². The summed E-state index contributed by atoms with van der Waals surface area (Å²) in [5, 5.41) is 6.44. The SMILES string of the molecule is O=C1NC(=O)N(c2ccccc2)C(=O)C1=Cc1cnn(-c2ccccc2)c1. The average Bonchev–Trinajstić information content (AvgIpc) is 3.15. The van der Waals surface area contributed by atoms with Gasteiger partial charge in [0.1, 0.15) is 5.57 Å². The van der Waals surface area contributed by atoms with Gasteiger partial charge in [-0.3, -0.25) is 14.9 Å². The highest BCUT2D eigenvalue weighted by Crippen LogP contribution is 2.21. The fourth-order valence-electron chi connectivity index (χ4n) is 2.77. The van der Waals surface area contributed by atoms with Gasteiger partial charge in [0.05, 0.1) is 17.6 Å². The third-order valence-corrected chi connectivity index (χ3v) is 4.05. The maximum absolute atomic E-state index is 12.8. The van der Waals surface area contributed by atoms with E-state index < -0.39 is 17.8 Å². The van der Waals surface area contributed by atoms with Gasteiger partial charge in [0.15, 0.2) is 0 Å². The predicted octanol–water partition coefficient (Wildman–Crippen LogP) is 2.54. The van der Waals surface area contributed by atoms with Crippen molar-refractivity contribution in [1.29, 1.82) is 0 Å². The second kappa shape index (κ2) is 6.72. The smallest absolute Gasteiger partial charge is 0.273 e. The van der Waals surface area contributed by atoms with Crippen LogP contribution in [0.5, 0.6) is 0 Å². The molecule has 1 aliphatic rings. The number of para-hydroxylation sites is 2. The summed E-state index contributed by atoms with van der Waals surface area (Å²) >= 11 is 0. The summed E-state index contributed by atoms with van der Waals surface area (Å²) < 4.78 is 1.64. The van der Waals surface area contributed by atoms with Gasteiger partial charge in [0.2, 0.25) is 0 Å². The van der Waals surface area contributed by atoms with E-state index in [2.05, 4.69) is 10.4 Å². The minimum atomic E-state index is -0.770. The van der Waals surface area contributed by atoms with Gasteiger partial charge >= 0.3 is 6.03 Å². The molecule has 0 unspecified atom stereocenters. The fourth-order valence-corrected chi connectivity index (χ4v) is 2.77. The Bertz CT molecular complexity index is 1060. The fraction of sp³-hybridized carbons (Fsp3) is 0. The third-order valence-electron chi connectivity index (χ3n) is 4.05. The van der Waals surface area contributed by atoms with Gasteiger partial charge in [-0.25, -0.2) is 14.4 Å². The monoisotopic (exact) mass is 358 g/mol. The number of anilines is 1. The van der Waals surface area contributed by atoms with Crippen molar-refractivity contribution in [2.24, 2.45) is 0 Å². The van der Waals surface area contributed by atoms with Crippen LogP contribution in [0, 0.1) is 0 Å². The first-order valence-corrected chi connectivity index (χ1v) is 8.20. The highest BCUT2D eigenvalue weighted by Gasteiger charge is 2.36. The second-order valence-corrected chi connectivity index (χ2v) is 5.85. The lowest BCUT2D eigenvalue weighted by Crippen LogP contribution is -2.54. The molecule has 132 valence electrons. The Morgan fingerprint density at radius 1 is 0.852 bits per heavy atom. The van der Waals surface area contributed by atoms with E-state index in [1.165, 1.54) is 6.08 Å². The van der Waals surface area contributed by atoms with Crippen molar-refractivity contribution in [2.75, 3.05) is 4.90 Å². The van der Waals surface area contributed by atoms with Crippen molar-refractivity contribution in [3.8, 4) is 5.69 Å². The highest BCUT2D eigenvalue weighted by atomic mass is 16.2. The van der Waals surface area contributed by atoms with Crippen LogP contribution in [0.4, 0.5) is 10.5 Å². The molecule has 0 spiro atoms. The number of rotatable bonds is 3. The van der Waals surface area contributed by atoms with Crippen LogP contribution in [0.1, 0.15) is 5.56 Å². The molecule has 27 heavy (non-hydrogen) atoms. The lowest BCUT2D eigenvalue weighted by molar-refractivity contribution is -0.122. The van der Waals surface area contributed by atoms with Crippen molar-refractivity contribution in [2.45, 2.75) is 0 Å². The summed E-state index contributed by atoms with van der Waals surface area (Å²) in [6.45, 7) is 0. The zero-order valence-electron chi connectivity index (χ0n) is 14.1. The normalized spacial score (nSPS) is 15.9. The van der Waals surface area contributed by atoms with Gasteiger partial charge in [0.25, 0.3) is 11.8 Å². The quantitative estimate of drug-likeness (QED) is 0.576. The van der Waals surface area contributed by atoms with E-state index in [4.69, 9.17) is 0 Å². The van der Waals surface area contributed by atoms with E-state index in [1.54, 1.807) is 47.4 Å². The number of nitrogens with zero attached hydrogens (tertiary/aromatic N) is 3. The molecule has 4 rings (SSSR count). The first-order chi connectivity index (χ1) is 13.1. The Morgan fingerprint density at radius 2 is 1.48 bits per heavy atom. The van der Waals surface area contributed by atoms with E-state index in [0.717, 1.165) is 10.6 Å². The first-order valence-electron chi connectivity index (χ1n) is 8.20. The van der Waals surface area contributed by atoms with Gasteiger partial charge in [-0.15, -0.1) is 0 Å². The van der Waals surface area contributed by atoms with Gasteiger partial charge in [-0.05, 0) is 30.3 Å². The number of aromatic nitrogens is 2. The van der Waals surface area contributed by atoms with E-state index in [-0.39, 0.29) is 5.57 Å². The van der Waals surface area contributed by atoms with Crippen LogP contribution < -0.4 is 10.2 Å². The summed E-state index contributed by atoms with van der Waals surface area (Å²) in [6.07, 6.45) is 4.67. The summed E-state index contributed by atoms with van der Waals surface area (Å²) in [4.78, 5) is 38.0. The van der Waals surface area contributed by atoms with Gasteiger partial charge < -0.3 is 0 Å². The van der Waals surface area contributed by atoms with Crippen molar-refractivity contribution in [3.63, 3.8) is 0 Å². The van der Waals surface area contributed by atoms with Gasteiger partial charge in [0, 0.05) is 11.8 Å². The predicted molar refractivity (Wildman–Crippen MR) is 99.0 cm³/mol. The molecule has 4 amide bonds. The first kappa shape index (κ1) is 16.5. The summed E-state index contributed by atoms with van der Waals surface area (Å²) in [6, 6.07) is 17.1. The number of carbonyl (C=O) groups excluding carboxylic acids is 3. The van der Waals surface area contributed by atoms with Crippen LogP contribution >= 0.6 is 0 Å². The van der Waals surface area contributed by atoms with E-state index in [1.807, 2.05) is 30.3 Å². The minimum Gasteiger partial charge on any atom is -0.273 e. The van der Waals surface area contributed by atoms with Gasteiger partial charge in [-0.2, -0.15) is 5.10 Å². The molecule has 1 saturated heterocycles. The lowest BCUT2D eigenvalue weighted by Gasteiger charge is -2.26. The number of hydrogen-bond donors (Lipinski definition) is 1. The molecule has 0 radical (unpaired) electrons. The second-order valence-electron chi connectivity index (χ2n) is 5.85. The van der Waals surface area contributed by atoms with Crippen LogP contribution in [-0.4, -0.2) is 27.6 Å². The largest absolute Gasteiger partial charge is 0.335 e. The number of carbonyl (C=O) groups is 3. The average molecular weight is 358 g/mol. The molecule has 2 heterocycles. The number of urea groups is 1. The molecule has 0 saturated carbocycles. The standard InChI is InChI=1S/C20H14N4O3/c25-18-17(11-14-12-21-23(13-14)15-7-3-1-4-8-15)19(26)24(20(27)22-18)16-9-5-2-6-10-16/h1-13H,(H,22,25,27). The Kier molecular flexibility index (Phi) is 4.10. The third kappa shape index (κ3) is 3.13. The van der Waals surface area contributed by atoms with E-state index in [9.17, 15) is 14.4 Å². The van der Waals surface area contributed by atoms with Crippen molar-refractivity contribution >= 4 is 29.6 Å². The lowest BCUT2D eigenvalue weighted by atomic mass is 10.1. The molecular weight excluding hydrogens is 344 g/mol. The Labute approximate surface area is 154 Å². The van der Waals surface area contributed by atoms with Crippen LogP contribution in [-0.2, 0) is 9.59 Å². The summed E-state index contributed by atoms with van der Waals surface area (Å²) in [7, 11) is 0. The molecular formula is C20H14N4O3. The number of barbiturate groups is 1. The molecule has 3 aromatic rings. The van der Waals surface area contributed by atoms with Crippen molar-refractivity contribution in [3.05, 3.63) is 84.2 Å². The molecule has 0 bridgehead atoms. The Hall–Kier alpha value is -4.00. The Balaban J connectivity index is 1.68. The molecule has 2 aromatic carbocycles. The van der Waals surface area contributed by atoms with Gasteiger partial charge in [-0.1, -0.05) is 36.4 Å². The minimum absolute atomic E-state index is 0.133. The van der Waals surface area contributed by atoms with Crippen molar-refractivity contribution < 1.29 is 14.4 Å². The molecule has 1 aromatic heterocycles. The molecule has 1 aliphatic heterocycles. The van der Waals surface area contributed by atoms with Crippen LogP contribution in [0.25, 0.3) is 11.8 Å². The number of nitrogens with one attached hydrogen (secondary N) is 1. The number of benzene rings is 2. The number of imide groups is 2. The van der Waals surface area contributed by atoms with Crippen LogP contribution in [0.2, 0.25) is 0 Å². The Morgan fingerprint density at radius 3 is 2.15 bits per heavy atom. The van der Waals surface area contributed by atoms with Crippen LogP contribution in [0.3, 0.4) is 0 Å². The van der Waals surface area contributed by atoms with Crippen molar-refractivity contribution in [1.82, 2.24) is 15.1 Å². The molecule has 7 heteroatoms.